The number of nitrogens with one attached hydrogen (secondary N) is 1. The fraction of sp³-hybridized carbons (Fsp3) is 0. The molecule has 0 aliphatic carbocycles. The van der Waals surface area contributed by atoms with E-state index >= 15 is 0 Å². The van der Waals surface area contributed by atoms with Crippen LogP contribution >= 0.6 is 34.8 Å². The van der Waals surface area contributed by atoms with Crippen molar-refractivity contribution < 1.29 is 4.79 Å². The Morgan fingerprint density at radius 2 is 1.81 bits per heavy atom. The Morgan fingerprint density at radius 1 is 1.06 bits per heavy atom. The van der Waals surface area contributed by atoms with Crippen molar-refractivity contribution in [1.29, 1.82) is 0 Å². The van der Waals surface area contributed by atoms with Gasteiger partial charge in [-0.25, -0.2) is 0 Å². The van der Waals surface area contributed by atoms with Crippen molar-refractivity contribution in [2.45, 2.75) is 0 Å². The Kier molecular flexibility index (Phi) is 3.24. The summed E-state index contributed by atoms with van der Waals surface area (Å²) in [6.45, 7) is 0. The number of aldehydes is 1. The minimum Gasteiger partial charge on any atom is -0.357 e. The van der Waals surface area contributed by atoms with E-state index in [0.29, 0.717) is 38.2 Å². The molecule has 2 nitrogen and oxygen atoms in total. The normalized spacial score (nSPS) is 10.4. The first kappa shape index (κ1) is 11.5. The van der Waals surface area contributed by atoms with Crippen LogP contribution in [0.1, 0.15) is 10.5 Å². The summed E-state index contributed by atoms with van der Waals surface area (Å²) >= 11 is 18.0. The number of benzene rings is 1. The third kappa shape index (κ3) is 1.84. The Bertz CT molecular complexity index is 548. The maximum Gasteiger partial charge on any atom is 0.167 e. The van der Waals surface area contributed by atoms with Gasteiger partial charge in [0.15, 0.2) is 6.29 Å². The van der Waals surface area contributed by atoms with Crippen molar-refractivity contribution in [3.8, 4) is 11.1 Å². The number of hydrogen-bond acceptors (Lipinski definition) is 1. The summed E-state index contributed by atoms with van der Waals surface area (Å²) < 4.78 is 0. The second-order valence-corrected chi connectivity index (χ2v) is 4.31. The largest absolute Gasteiger partial charge is 0.357 e. The van der Waals surface area contributed by atoms with Crippen molar-refractivity contribution in [3.63, 3.8) is 0 Å². The number of rotatable bonds is 2. The van der Waals surface area contributed by atoms with Gasteiger partial charge < -0.3 is 4.98 Å². The molecule has 0 bridgehead atoms. The van der Waals surface area contributed by atoms with Gasteiger partial charge in [-0.05, 0) is 6.07 Å². The van der Waals surface area contributed by atoms with Crippen LogP contribution in [-0.2, 0) is 0 Å². The molecule has 1 heterocycles. The van der Waals surface area contributed by atoms with E-state index in [2.05, 4.69) is 4.98 Å². The Balaban J connectivity index is 2.63. The van der Waals surface area contributed by atoms with Crippen molar-refractivity contribution in [1.82, 2.24) is 4.98 Å². The summed E-state index contributed by atoms with van der Waals surface area (Å²) in [5.74, 6) is 0. The second-order valence-electron chi connectivity index (χ2n) is 3.15. The summed E-state index contributed by atoms with van der Waals surface area (Å²) in [5, 5.41) is 1.21. The molecule has 0 spiro atoms. The summed E-state index contributed by atoms with van der Waals surface area (Å²) in [4.78, 5) is 13.4. The number of carbonyl (C=O) groups is 1. The zero-order valence-electron chi connectivity index (χ0n) is 7.93. The zero-order chi connectivity index (χ0) is 11.7. The van der Waals surface area contributed by atoms with Gasteiger partial charge in [-0.1, -0.05) is 46.9 Å². The van der Waals surface area contributed by atoms with Crippen LogP contribution in [0, 0.1) is 0 Å². The molecule has 2 rings (SSSR count). The van der Waals surface area contributed by atoms with E-state index in [4.69, 9.17) is 34.8 Å². The van der Waals surface area contributed by atoms with Gasteiger partial charge in [-0.3, -0.25) is 4.79 Å². The Hall–Kier alpha value is -0.960. The second kappa shape index (κ2) is 4.50. The molecular formula is C11H6Cl3NO. The maximum atomic E-state index is 10.6. The van der Waals surface area contributed by atoms with E-state index in [0.717, 1.165) is 0 Å². The van der Waals surface area contributed by atoms with E-state index in [1.54, 1.807) is 24.4 Å². The number of aromatic nitrogens is 1. The molecule has 5 heteroatoms. The van der Waals surface area contributed by atoms with E-state index < -0.39 is 0 Å². The van der Waals surface area contributed by atoms with Crippen molar-refractivity contribution in [2.75, 3.05) is 0 Å². The average Bonchev–Trinajstić information content (AvgIpc) is 2.64. The smallest absolute Gasteiger partial charge is 0.167 e. The fourth-order valence-electron chi connectivity index (χ4n) is 1.42. The van der Waals surface area contributed by atoms with E-state index in [9.17, 15) is 4.79 Å². The molecule has 0 amide bonds. The van der Waals surface area contributed by atoms with Gasteiger partial charge >= 0.3 is 0 Å². The first-order valence-corrected chi connectivity index (χ1v) is 5.55. The summed E-state index contributed by atoms with van der Waals surface area (Å²) in [6, 6.07) is 5.25. The van der Waals surface area contributed by atoms with Crippen molar-refractivity contribution in [2.24, 2.45) is 0 Å². The topological polar surface area (TPSA) is 32.9 Å². The van der Waals surface area contributed by atoms with Crippen LogP contribution in [0.2, 0.25) is 15.1 Å². The highest BCUT2D eigenvalue weighted by Gasteiger charge is 2.14. The van der Waals surface area contributed by atoms with Crippen LogP contribution in [0.5, 0.6) is 0 Å². The lowest BCUT2D eigenvalue weighted by atomic mass is 10.1. The maximum absolute atomic E-state index is 10.6. The van der Waals surface area contributed by atoms with E-state index in [-0.39, 0.29) is 0 Å². The van der Waals surface area contributed by atoms with Crippen molar-refractivity contribution >= 4 is 41.1 Å². The van der Waals surface area contributed by atoms with Gasteiger partial charge in [0.05, 0.1) is 20.8 Å². The molecule has 0 saturated carbocycles. The molecular weight excluding hydrogens is 268 g/mol. The van der Waals surface area contributed by atoms with E-state index in [1.807, 2.05) is 0 Å². The molecule has 0 atom stereocenters. The highest BCUT2D eigenvalue weighted by atomic mass is 35.5. The quantitative estimate of drug-likeness (QED) is 0.806. The lowest BCUT2D eigenvalue weighted by Crippen LogP contribution is -1.80. The predicted molar refractivity (Wildman–Crippen MR) is 66.6 cm³/mol. The minimum absolute atomic E-state index is 0.327. The number of aromatic amines is 1. The first-order chi connectivity index (χ1) is 7.65. The molecule has 1 N–H and O–H groups in total. The number of carbonyl (C=O) groups excluding carboxylic acids is 1. The minimum atomic E-state index is 0.327. The number of halogens is 3. The predicted octanol–water partition coefficient (Wildman–Crippen LogP) is 4.45. The molecule has 0 fully saturated rings. The Labute approximate surface area is 107 Å². The van der Waals surface area contributed by atoms with E-state index in [1.165, 1.54) is 0 Å². The lowest BCUT2D eigenvalue weighted by Gasteiger charge is -2.03. The number of hydrogen-bond donors (Lipinski definition) is 1. The number of H-pyrrole nitrogens is 1. The summed E-state index contributed by atoms with van der Waals surface area (Å²) in [5.41, 5.74) is 1.69. The van der Waals surface area contributed by atoms with Crippen LogP contribution < -0.4 is 0 Å². The van der Waals surface area contributed by atoms with Gasteiger partial charge in [0, 0.05) is 17.3 Å². The van der Waals surface area contributed by atoms with Gasteiger partial charge in [0.25, 0.3) is 0 Å². The molecule has 0 aliphatic heterocycles. The van der Waals surface area contributed by atoms with Gasteiger partial charge in [0.1, 0.15) is 0 Å². The fourth-order valence-corrected chi connectivity index (χ4v) is 2.07. The molecule has 0 saturated heterocycles. The molecule has 1 aromatic carbocycles. The molecule has 0 unspecified atom stereocenters. The third-order valence-corrected chi connectivity index (χ3v) is 3.43. The Morgan fingerprint density at radius 3 is 2.44 bits per heavy atom. The van der Waals surface area contributed by atoms with Crippen LogP contribution in [-0.4, -0.2) is 11.3 Å². The third-order valence-electron chi connectivity index (χ3n) is 2.20. The molecule has 16 heavy (non-hydrogen) atoms. The molecule has 1 aromatic heterocycles. The monoisotopic (exact) mass is 273 g/mol. The van der Waals surface area contributed by atoms with Crippen LogP contribution in [0.15, 0.2) is 24.4 Å². The van der Waals surface area contributed by atoms with Gasteiger partial charge in [-0.2, -0.15) is 0 Å². The molecule has 82 valence electrons. The average molecular weight is 275 g/mol. The van der Waals surface area contributed by atoms with Gasteiger partial charge in [-0.15, -0.1) is 0 Å². The highest BCUT2D eigenvalue weighted by Crippen LogP contribution is 2.37. The molecule has 2 aromatic rings. The standard InChI is InChI=1S/C11H6Cl3NO/c12-8-3-1-2-6(10(8)13)7-4-15-9(5-16)11(7)14/h1-5,15H. The van der Waals surface area contributed by atoms with Crippen molar-refractivity contribution in [3.05, 3.63) is 45.2 Å². The van der Waals surface area contributed by atoms with Gasteiger partial charge in [0.2, 0.25) is 0 Å². The van der Waals surface area contributed by atoms with Crippen LogP contribution in [0.3, 0.4) is 0 Å². The van der Waals surface area contributed by atoms with Crippen LogP contribution in [0.25, 0.3) is 11.1 Å². The van der Waals surface area contributed by atoms with Crippen LogP contribution in [0.4, 0.5) is 0 Å². The molecule has 0 aliphatic rings. The summed E-state index contributed by atoms with van der Waals surface area (Å²) in [7, 11) is 0. The first-order valence-electron chi connectivity index (χ1n) is 4.41. The lowest BCUT2D eigenvalue weighted by molar-refractivity contribution is 0.112. The summed E-state index contributed by atoms with van der Waals surface area (Å²) in [6.07, 6.45) is 2.29. The SMILES string of the molecule is O=Cc1[nH]cc(-c2cccc(Cl)c2Cl)c1Cl. The highest BCUT2D eigenvalue weighted by molar-refractivity contribution is 6.44. The molecule has 0 radical (unpaired) electrons. The zero-order valence-corrected chi connectivity index (χ0v) is 10.2.